The van der Waals surface area contributed by atoms with E-state index in [2.05, 4.69) is 39.3 Å². The number of aryl methyl sites for hydroxylation is 1. The Morgan fingerprint density at radius 1 is 1.29 bits per heavy atom. The molecule has 0 bridgehead atoms. The second-order valence-electron chi connectivity index (χ2n) is 3.64. The molecule has 2 nitrogen and oxygen atoms in total. The molecule has 0 radical (unpaired) electrons. The summed E-state index contributed by atoms with van der Waals surface area (Å²) >= 11 is 0. The standard InChI is InChI=1S/C11H16NOP/c1-9-2-3-10(8-11(9)14)12-4-6-13-7-5-12/h2-3,8H,4-7,14H2,1H3. The van der Waals surface area contributed by atoms with Gasteiger partial charge >= 0.3 is 0 Å². The number of benzene rings is 1. The largest absolute Gasteiger partial charge is 0.378 e. The molecule has 1 aliphatic heterocycles. The fourth-order valence-electron chi connectivity index (χ4n) is 1.65. The van der Waals surface area contributed by atoms with Gasteiger partial charge in [0.1, 0.15) is 0 Å². The van der Waals surface area contributed by atoms with Gasteiger partial charge in [-0.05, 0) is 29.9 Å². The van der Waals surface area contributed by atoms with E-state index in [0.717, 1.165) is 26.3 Å². The van der Waals surface area contributed by atoms with E-state index in [1.54, 1.807) is 0 Å². The van der Waals surface area contributed by atoms with Crippen LogP contribution in [0.2, 0.25) is 0 Å². The summed E-state index contributed by atoms with van der Waals surface area (Å²) in [6, 6.07) is 6.59. The van der Waals surface area contributed by atoms with Crippen LogP contribution in [0.4, 0.5) is 5.69 Å². The van der Waals surface area contributed by atoms with Gasteiger partial charge in [-0.3, -0.25) is 0 Å². The van der Waals surface area contributed by atoms with Crippen LogP contribution in [0.5, 0.6) is 0 Å². The minimum Gasteiger partial charge on any atom is -0.378 e. The monoisotopic (exact) mass is 209 g/mol. The zero-order chi connectivity index (χ0) is 9.97. The lowest BCUT2D eigenvalue weighted by molar-refractivity contribution is 0.122. The highest BCUT2D eigenvalue weighted by atomic mass is 31.0. The summed E-state index contributed by atoms with van der Waals surface area (Å²) in [5.74, 6) is 0. The predicted molar refractivity (Wildman–Crippen MR) is 63.6 cm³/mol. The quantitative estimate of drug-likeness (QED) is 0.647. The van der Waals surface area contributed by atoms with Crippen molar-refractivity contribution < 1.29 is 4.74 Å². The highest BCUT2D eigenvalue weighted by Gasteiger charge is 2.11. The summed E-state index contributed by atoms with van der Waals surface area (Å²) in [5, 5.41) is 1.29. The second-order valence-corrected chi connectivity index (χ2v) is 4.26. The molecule has 0 spiro atoms. The molecule has 3 heteroatoms. The zero-order valence-corrected chi connectivity index (χ0v) is 9.65. The van der Waals surface area contributed by atoms with E-state index in [4.69, 9.17) is 4.74 Å². The van der Waals surface area contributed by atoms with Crippen LogP contribution in [-0.2, 0) is 4.74 Å². The van der Waals surface area contributed by atoms with Gasteiger partial charge in [-0.15, -0.1) is 9.24 Å². The Morgan fingerprint density at radius 2 is 2.00 bits per heavy atom. The third-order valence-corrected chi connectivity index (χ3v) is 3.26. The van der Waals surface area contributed by atoms with Gasteiger partial charge in [0, 0.05) is 18.8 Å². The molecule has 1 heterocycles. The first-order chi connectivity index (χ1) is 6.77. The highest BCUT2D eigenvalue weighted by molar-refractivity contribution is 7.27. The Balaban J connectivity index is 2.18. The minimum absolute atomic E-state index is 0.847. The van der Waals surface area contributed by atoms with Crippen molar-refractivity contribution in [3.8, 4) is 0 Å². The summed E-state index contributed by atoms with van der Waals surface area (Å²) in [6.45, 7) is 5.84. The van der Waals surface area contributed by atoms with Gasteiger partial charge in [0.15, 0.2) is 0 Å². The Morgan fingerprint density at radius 3 is 2.64 bits per heavy atom. The smallest absolute Gasteiger partial charge is 0.0642 e. The molecule has 0 aliphatic carbocycles. The van der Waals surface area contributed by atoms with E-state index in [1.165, 1.54) is 16.6 Å². The molecule has 0 N–H and O–H groups in total. The maximum Gasteiger partial charge on any atom is 0.0642 e. The first-order valence-corrected chi connectivity index (χ1v) is 5.54. The fraction of sp³-hybridized carbons (Fsp3) is 0.455. The van der Waals surface area contributed by atoms with E-state index < -0.39 is 0 Å². The Hall–Kier alpha value is -0.590. The molecule has 1 aromatic rings. The maximum atomic E-state index is 5.33. The van der Waals surface area contributed by atoms with Crippen LogP contribution in [0.3, 0.4) is 0 Å². The molecular weight excluding hydrogens is 193 g/mol. The van der Waals surface area contributed by atoms with Crippen LogP contribution in [0.1, 0.15) is 5.56 Å². The number of hydrogen-bond donors (Lipinski definition) is 0. The molecule has 1 aliphatic rings. The number of anilines is 1. The third kappa shape index (κ3) is 2.08. The molecule has 0 saturated carbocycles. The first-order valence-electron chi connectivity index (χ1n) is 4.96. The van der Waals surface area contributed by atoms with Crippen LogP contribution >= 0.6 is 9.24 Å². The third-order valence-electron chi connectivity index (χ3n) is 2.64. The molecule has 1 saturated heterocycles. The minimum atomic E-state index is 0.847. The van der Waals surface area contributed by atoms with Crippen molar-refractivity contribution in [3.63, 3.8) is 0 Å². The Bertz CT molecular complexity index is 321. The van der Waals surface area contributed by atoms with Crippen LogP contribution in [-0.4, -0.2) is 26.3 Å². The lowest BCUT2D eigenvalue weighted by Gasteiger charge is -2.29. The lowest BCUT2D eigenvalue weighted by Crippen LogP contribution is -2.36. The number of nitrogens with zero attached hydrogens (tertiary/aromatic N) is 1. The normalized spacial score (nSPS) is 17.1. The molecular formula is C11H16NOP. The predicted octanol–water partition coefficient (Wildman–Crippen LogP) is 1.33. The van der Waals surface area contributed by atoms with Crippen molar-refractivity contribution in [2.75, 3.05) is 31.2 Å². The van der Waals surface area contributed by atoms with Gasteiger partial charge in [-0.25, -0.2) is 0 Å². The van der Waals surface area contributed by atoms with Crippen molar-refractivity contribution in [1.82, 2.24) is 0 Å². The molecule has 1 unspecified atom stereocenters. The van der Waals surface area contributed by atoms with Crippen molar-refractivity contribution >= 4 is 20.2 Å². The van der Waals surface area contributed by atoms with Gasteiger partial charge in [-0.2, -0.15) is 0 Å². The highest BCUT2D eigenvalue weighted by Crippen LogP contribution is 2.16. The van der Waals surface area contributed by atoms with E-state index in [9.17, 15) is 0 Å². The van der Waals surface area contributed by atoms with Crippen LogP contribution in [0.15, 0.2) is 18.2 Å². The fourth-order valence-corrected chi connectivity index (χ4v) is 1.91. The summed E-state index contributed by atoms with van der Waals surface area (Å²) in [4.78, 5) is 2.37. The average molecular weight is 209 g/mol. The summed E-state index contributed by atoms with van der Waals surface area (Å²) < 4.78 is 5.33. The second kappa shape index (κ2) is 4.29. The van der Waals surface area contributed by atoms with Crippen LogP contribution < -0.4 is 10.2 Å². The summed E-state index contributed by atoms with van der Waals surface area (Å²) in [5.41, 5.74) is 2.64. The van der Waals surface area contributed by atoms with Crippen molar-refractivity contribution in [1.29, 1.82) is 0 Å². The number of morpholine rings is 1. The molecule has 1 atom stereocenters. The van der Waals surface area contributed by atoms with Gasteiger partial charge in [-0.1, -0.05) is 6.07 Å². The molecule has 76 valence electrons. The summed E-state index contributed by atoms with van der Waals surface area (Å²) in [6.07, 6.45) is 0. The van der Waals surface area contributed by atoms with E-state index >= 15 is 0 Å². The molecule has 14 heavy (non-hydrogen) atoms. The van der Waals surface area contributed by atoms with Crippen LogP contribution in [0, 0.1) is 6.92 Å². The Kier molecular flexibility index (Phi) is 3.05. The molecule has 1 aromatic carbocycles. The molecule has 1 fully saturated rings. The zero-order valence-electron chi connectivity index (χ0n) is 8.49. The lowest BCUT2D eigenvalue weighted by atomic mass is 10.2. The maximum absolute atomic E-state index is 5.33. The molecule has 0 aromatic heterocycles. The topological polar surface area (TPSA) is 12.5 Å². The van der Waals surface area contributed by atoms with Crippen molar-refractivity contribution in [3.05, 3.63) is 23.8 Å². The van der Waals surface area contributed by atoms with Gasteiger partial charge in [0.05, 0.1) is 13.2 Å². The molecule has 0 amide bonds. The number of hydrogen-bond acceptors (Lipinski definition) is 2. The van der Waals surface area contributed by atoms with Gasteiger partial charge < -0.3 is 9.64 Å². The van der Waals surface area contributed by atoms with Crippen LogP contribution in [0.25, 0.3) is 0 Å². The first kappa shape index (κ1) is 9.95. The van der Waals surface area contributed by atoms with E-state index in [1.807, 2.05) is 0 Å². The molecule has 2 rings (SSSR count). The van der Waals surface area contributed by atoms with E-state index in [0.29, 0.717) is 0 Å². The SMILES string of the molecule is Cc1ccc(N2CCOCC2)cc1P. The Labute approximate surface area is 87.5 Å². The van der Waals surface area contributed by atoms with Crippen molar-refractivity contribution in [2.24, 2.45) is 0 Å². The van der Waals surface area contributed by atoms with Gasteiger partial charge in [0.25, 0.3) is 0 Å². The summed E-state index contributed by atoms with van der Waals surface area (Å²) in [7, 11) is 2.78. The van der Waals surface area contributed by atoms with Gasteiger partial charge in [0.2, 0.25) is 0 Å². The average Bonchev–Trinajstić information content (AvgIpc) is 2.23. The van der Waals surface area contributed by atoms with E-state index in [-0.39, 0.29) is 0 Å². The number of rotatable bonds is 1. The number of ether oxygens (including phenoxy) is 1. The van der Waals surface area contributed by atoms with Crippen molar-refractivity contribution in [2.45, 2.75) is 6.92 Å².